The van der Waals surface area contributed by atoms with Gasteiger partial charge in [0.15, 0.2) is 12.4 Å². The van der Waals surface area contributed by atoms with E-state index in [0.717, 1.165) is 57.8 Å². The Morgan fingerprint density at radius 1 is 0.705 bits per heavy atom. The molecule has 44 heavy (non-hydrogen) atoms. The minimum absolute atomic E-state index is 0.125. The maximum atomic E-state index is 12.5. The highest BCUT2D eigenvalue weighted by atomic mass is 16.7. The van der Waals surface area contributed by atoms with E-state index in [9.17, 15) is 19.5 Å². The van der Waals surface area contributed by atoms with Gasteiger partial charge in [-0.25, -0.2) is 0 Å². The Labute approximate surface area is 266 Å². The molecule has 0 saturated carbocycles. The molecule has 0 aliphatic rings. The van der Waals surface area contributed by atoms with Gasteiger partial charge in [-0.15, -0.1) is 0 Å². The fourth-order valence-corrected chi connectivity index (χ4v) is 3.78. The van der Waals surface area contributed by atoms with Crippen molar-refractivity contribution in [2.75, 3.05) is 47.5 Å². The summed E-state index contributed by atoms with van der Waals surface area (Å²) in [6.07, 6.45) is 24.8. The summed E-state index contributed by atoms with van der Waals surface area (Å²) in [6, 6.07) is 0. The number of nitrogens with zero attached hydrogens (tertiary/aromatic N) is 1. The Balaban J connectivity index is 4.75. The van der Waals surface area contributed by atoms with Crippen molar-refractivity contribution in [2.24, 2.45) is 0 Å². The van der Waals surface area contributed by atoms with Crippen LogP contribution in [0.15, 0.2) is 48.6 Å². The smallest absolute Gasteiger partial charge is 0.306 e. The van der Waals surface area contributed by atoms with Gasteiger partial charge in [-0.3, -0.25) is 9.59 Å². The van der Waals surface area contributed by atoms with Crippen molar-refractivity contribution in [3.63, 3.8) is 0 Å². The molecule has 2 atom stereocenters. The van der Waals surface area contributed by atoms with Gasteiger partial charge in [0.25, 0.3) is 0 Å². The zero-order valence-electron chi connectivity index (χ0n) is 28.0. The molecular weight excluding hydrogens is 562 g/mol. The van der Waals surface area contributed by atoms with Gasteiger partial charge in [-0.05, 0) is 38.5 Å². The maximum Gasteiger partial charge on any atom is 0.306 e. The number of carbonyl (C=O) groups is 3. The van der Waals surface area contributed by atoms with Gasteiger partial charge in [0.2, 0.25) is 0 Å². The third-order valence-electron chi connectivity index (χ3n) is 6.35. The number of carboxylic acids is 1. The van der Waals surface area contributed by atoms with Gasteiger partial charge in [0.1, 0.15) is 13.2 Å². The molecule has 0 aromatic rings. The standard InChI is InChI=1S/C35H59NO8/c1-6-8-10-12-14-15-16-17-18-19-20-22-24-26-33(38)44-31(29-42-32(37)25-23-21-13-11-9-7-2)30-43-35(34(39)40)41-28-27-36(3,4)5/h8,10,14-15,17-18,20,22,31,35H,6-7,9,11-13,16,19,21,23-30H2,1-5H3/b10-8-,15-14-,18-17-,22-20-. The van der Waals surface area contributed by atoms with Crippen molar-refractivity contribution < 1.29 is 42.9 Å². The number of aliphatic carboxylic acids is 1. The van der Waals surface area contributed by atoms with Gasteiger partial charge in [0.05, 0.1) is 40.3 Å². The summed E-state index contributed by atoms with van der Waals surface area (Å²) in [4.78, 5) is 36.3. The lowest BCUT2D eigenvalue weighted by Gasteiger charge is -2.26. The average Bonchev–Trinajstić information content (AvgIpc) is 2.96. The van der Waals surface area contributed by atoms with Crippen LogP contribution in [0, 0.1) is 0 Å². The van der Waals surface area contributed by atoms with Gasteiger partial charge >= 0.3 is 11.9 Å². The number of rotatable bonds is 28. The molecule has 0 saturated heterocycles. The van der Waals surface area contributed by atoms with E-state index in [-0.39, 0.29) is 32.7 Å². The second-order valence-electron chi connectivity index (χ2n) is 11.7. The first-order valence-electron chi connectivity index (χ1n) is 16.3. The predicted octanol–water partition coefficient (Wildman–Crippen LogP) is 5.59. The van der Waals surface area contributed by atoms with Gasteiger partial charge < -0.3 is 33.3 Å². The van der Waals surface area contributed by atoms with Crippen molar-refractivity contribution in [2.45, 2.75) is 110 Å². The number of unbranched alkanes of at least 4 members (excludes halogenated alkanes) is 5. The number of carboxylic acid groups (broad SMARTS) is 1. The van der Waals surface area contributed by atoms with E-state index in [2.05, 4.69) is 50.3 Å². The van der Waals surface area contributed by atoms with Crippen LogP contribution in [-0.2, 0) is 33.3 Å². The quantitative estimate of drug-likeness (QED) is 0.0365. The largest absolute Gasteiger partial charge is 0.545 e. The molecule has 9 nitrogen and oxygen atoms in total. The summed E-state index contributed by atoms with van der Waals surface area (Å²) < 4.78 is 22.1. The van der Waals surface area contributed by atoms with E-state index in [1.165, 1.54) is 6.42 Å². The summed E-state index contributed by atoms with van der Waals surface area (Å²) in [5, 5.41) is 11.5. The third-order valence-corrected chi connectivity index (χ3v) is 6.35. The number of esters is 2. The summed E-state index contributed by atoms with van der Waals surface area (Å²) in [6.45, 7) is 4.41. The summed E-state index contributed by atoms with van der Waals surface area (Å²) in [7, 11) is 5.85. The minimum atomic E-state index is -1.63. The highest BCUT2D eigenvalue weighted by Gasteiger charge is 2.21. The van der Waals surface area contributed by atoms with Crippen molar-refractivity contribution >= 4 is 17.9 Å². The van der Waals surface area contributed by atoms with Crippen LogP contribution >= 0.6 is 0 Å². The topological polar surface area (TPSA) is 111 Å². The van der Waals surface area contributed by atoms with E-state index in [0.29, 0.717) is 17.4 Å². The van der Waals surface area contributed by atoms with Crippen molar-refractivity contribution in [3.8, 4) is 0 Å². The van der Waals surface area contributed by atoms with Crippen LogP contribution in [0.5, 0.6) is 0 Å². The lowest BCUT2D eigenvalue weighted by atomic mass is 10.1. The normalized spacial score (nSPS) is 13.8. The summed E-state index contributed by atoms with van der Waals surface area (Å²) in [5.74, 6) is -2.42. The van der Waals surface area contributed by atoms with E-state index in [1.807, 2.05) is 33.3 Å². The number of quaternary nitrogens is 1. The summed E-state index contributed by atoms with van der Waals surface area (Å²) in [5.41, 5.74) is 0. The number of hydrogen-bond acceptors (Lipinski definition) is 8. The molecule has 0 aromatic carbocycles. The molecule has 252 valence electrons. The lowest BCUT2D eigenvalue weighted by Crippen LogP contribution is -2.44. The molecule has 0 aromatic heterocycles. The number of hydrogen-bond donors (Lipinski definition) is 0. The number of ether oxygens (including phenoxy) is 4. The van der Waals surface area contributed by atoms with Crippen LogP contribution in [0.25, 0.3) is 0 Å². The fourth-order valence-electron chi connectivity index (χ4n) is 3.78. The molecule has 9 heteroatoms. The fraction of sp³-hybridized carbons (Fsp3) is 0.686. The zero-order valence-corrected chi connectivity index (χ0v) is 28.0. The number of carbonyl (C=O) groups excluding carboxylic acids is 3. The van der Waals surface area contributed by atoms with E-state index in [4.69, 9.17) is 18.9 Å². The van der Waals surface area contributed by atoms with E-state index < -0.39 is 30.3 Å². The second kappa shape index (κ2) is 27.8. The predicted molar refractivity (Wildman–Crippen MR) is 172 cm³/mol. The Morgan fingerprint density at radius 3 is 1.89 bits per heavy atom. The van der Waals surface area contributed by atoms with Crippen LogP contribution in [0.4, 0.5) is 0 Å². The SMILES string of the molecule is CC/C=C\C/C=C\C/C=C\C/C=C\CCC(=O)OC(COC(=O)CCCCCCCC)COC(OCC[N+](C)(C)C)C(=O)[O-]. The number of allylic oxidation sites excluding steroid dienone is 8. The zero-order chi connectivity index (χ0) is 32.9. The van der Waals surface area contributed by atoms with E-state index in [1.54, 1.807) is 0 Å². The Kier molecular flexibility index (Phi) is 26.0. The highest BCUT2D eigenvalue weighted by Crippen LogP contribution is 2.09. The first-order chi connectivity index (χ1) is 21.1. The second-order valence-corrected chi connectivity index (χ2v) is 11.7. The Morgan fingerprint density at radius 2 is 1.30 bits per heavy atom. The van der Waals surface area contributed by atoms with Crippen LogP contribution in [0.2, 0.25) is 0 Å². The monoisotopic (exact) mass is 621 g/mol. The Bertz CT molecular complexity index is 872. The molecule has 0 aliphatic carbocycles. The molecule has 2 unspecified atom stereocenters. The molecule has 0 radical (unpaired) electrons. The molecule has 0 spiro atoms. The molecular formula is C35H59NO8. The van der Waals surface area contributed by atoms with Crippen LogP contribution in [0.3, 0.4) is 0 Å². The van der Waals surface area contributed by atoms with Crippen LogP contribution in [-0.4, -0.2) is 82.3 Å². The maximum absolute atomic E-state index is 12.5. The molecule has 0 heterocycles. The van der Waals surface area contributed by atoms with Crippen LogP contribution < -0.4 is 5.11 Å². The number of likely N-dealkylation sites (N-methyl/N-ethyl adjacent to an activating group) is 1. The van der Waals surface area contributed by atoms with Crippen LogP contribution in [0.1, 0.15) is 97.3 Å². The molecule has 0 fully saturated rings. The van der Waals surface area contributed by atoms with Crippen molar-refractivity contribution in [1.82, 2.24) is 0 Å². The van der Waals surface area contributed by atoms with Gasteiger partial charge in [-0.1, -0.05) is 94.6 Å². The van der Waals surface area contributed by atoms with E-state index >= 15 is 0 Å². The van der Waals surface area contributed by atoms with Crippen molar-refractivity contribution in [3.05, 3.63) is 48.6 Å². The third kappa shape index (κ3) is 28.0. The average molecular weight is 622 g/mol. The van der Waals surface area contributed by atoms with Crippen molar-refractivity contribution in [1.29, 1.82) is 0 Å². The summed E-state index contributed by atoms with van der Waals surface area (Å²) >= 11 is 0. The lowest BCUT2D eigenvalue weighted by molar-refractivity contribution is -0.870. The first-order valence-corrected chi connectivity index (χ1v) is 16.3. The molecule has 0 N–H and O–H groups in total. The first kappa shape index (κ1) is 41.2. The molecule has 0 rings (SSSR count). The highest BCUT2D eigenvalue weighted by molar-refractivity contribution is 5.70. The molecule has 0 amide bonds. The molecule has 0 aliphatic heterocycles. The van der Waals surface area contributed by atoms with Gasteiger partial charge in [-0.2, -0.15) is 0 Å². The Hall–Kier alpha value is -2.75. The molecule has 0 bridgehead atoms. The van der Waals surface area contributed by atoms with Gasteiger partial charge in [0, 0.05) is 12.8 Å². The minimum Gasteiger partial charge on any atom is -0.545 e.